The van der Waals surface area contributed by atoms with Gasteiger partial charge in [0.05, 0.1) is 4.90 Å². The predicted molar refractivity (Wildman–Crippen MR) is 104 cm³/mol. The lowest BCUT2D eigenvalue weighted by Gasteiger charge is -2.11. The molecule has 2 heterocycles. The molecule has 2 aromatic heterocycles. The van der Waals surface area contributed by atoms with Crippen molar-refractivity contribution in [3.63, 3.8) is 0 Å². The smallest absolute Gasteiger partial charge is 0.240 e. The molecule has 0 fully saturated rings. The van der Waals surface area contributed by atoms with Crippen molar-refractivity contribution in [2.45, 2.75) is 18.7 Å². The maximum absolute atomic E-state index is 12.4. The maximum Gasteiger partial charge on any atom is 0.240 e. The topological polar surface area (TPSA) is 102 Å². The van der Waals surface area contributed by atoms with Gasteiger partial charge >= 0.3 is 0 Å². The first-order valence-corrected chi connectivity index (χ1v) is 10.0. The first-order chi connectivity index (χ1) is 12.9. The van der Waals surface area contributed by atoms with Gasteiger partial charge in [-0.1, -0.05) is 17.7 Å². The number of halogens is 1. The van der Waals surface area contributed by atoms with E-state index in [1.165, 1.54) is 12.4 Å². The minimum absolute atomic E-state index is 0.176. The highest BCUT2D eigenvalue weighted by atomic mass is 35.5. The van der Waals surface area contributed by atoms with Crippen LogP contribution < -0.4 is 10.0 Å². The summed E-state index contributed by atoms with van der Waals surface area (Å²) in [6, 6.07) is 6.54. The van der Waals surface area contributed by atoms with Crippen LogP contribution in [-0.4, -0.2) is 41.0 Å². The predicted octanol–water partition coefficient (Wildman–Crippen LogP) is 2.32. The highest BCUT2D eigenvalue weighted by Gasteiger charge is 2.16. The largest absolute Gasteiger partial charge is 0.369 e. The molecule has 0 amide bonds. The van der Waals surface area contributed by atoms with Crippen molar-refractivity contribution in [3.8, 4) is 5.82 Å². The lowest BCUT2D eigenvalue weighted by molar-refractivity contribution is 0.582. The molecule has 3 aromatic rings. The average molecular weight is 407 g/mol. The van der Waals surface area contributed by atoms with Crippen LogP contribution in [-0.2, 0) is 10.0 Å². The van der Waals surface area contributed by atoms with Gasteiger partial charge in [0.15, 0.2) is 0 Å². The van der Waals surface area contributed by atoms with Crippen molar-refractivity contribution >= 4 is 27.4 Å². The molecule has 0 bridgehead atoms. The number of hydrogen-bond acceptors (Lipinski definition) is 6. The zero-order chi connectivity index (χ0) is 19.4. The molecule has 1 aromatic carbocycles. The summed E-state index contributed by atoms with van der Waals surface area (Å²) in [5.74, 6) is 2.08. The van der Waals surface area contributed by atoms with E-state index in [1.807, 2.05) is 17.7 Å². The van der Waals surface area contributed by atoms with Crippen LogP contribution in [0.3, 0.4) is 0 Å². The number of aromatic nitrogens is 4. The van der Waals surface area contributed by atoms with Crippen LogP contribution in [0.2, 0.25) is 5.02 Å². The first-order valence-electron chi connectivity index (χ1n) is 8.19. The fourth-order valence-electron chi connectivity index (χ4n) is 2.51. The van der Waals surface area contributed by atoms with E-state index in [9.17, 15) is 8.42 Å². The third kappa shape index (κ3) is 4.62. The number of aryl methyl sites for hydroxylation is 2. The third-order valence-electron chi connectivity index (χ3n) is 3.89. The van der Waals surface area contributed by atoms with Crippen molar-refractivity contribution in [1.29, 1.82) is 0 Å². The summed E-state index contributed by atoms with van der Waals surface area (Å²) in [6.07, 6.45) is 4.94. The van der Waals surface area contributed by atoms with E-state index in [0.29, 0.717) is 28.8 Å². The highest BCUT2D eigenvalue weighted by Crippen LogP contribution is 2.19. The van der Waals surface area contributed by atoms with Gasteiger partial charge in [-0.05, 0) is 31.5 Å². The van der Waals surface area contributed by atoms with E-state index in [0.717, 1.165) is 5.82 Å². The number of hydrogen-bond donors (Lipinski definition) is 2. The van der Waals surface area contributed by atoms with E-state index < -0.39 is 10.0 Å². The van der Waals surface area contributed by atoms with E-state index in [1.54, 1.807) is 31.3 Å². The molecule has 0 aliphatic carbocycles. The molecule has 0 unspecified atom stereocenters. The molecular formula is C17H19ClN6O2S. The SMILES string of the molecule is Cc1ccc(Cl)cc1S(=O)(=O)NCCNc1cc(-n2ccnc2C)ncn1. The van der Waals surface area contributed by atoms with Gasteiger partial charge < -0.3 is 5.32 Å². The summed E-state index contributed by atoms with van der Waals surface area (Å²) >= 11 is 5.91. The number of rotatable bonds is 7. The molecule has 0 spiro atoms. The standard InChI is InChI=1S/C17H19ClN6O2S/c1-12-3-4-14(18)9-15(12)27(25,26)23-6-5-20-16-10-17(22-11-21-16)24-8-7-19-13(24)2/h3-4,7-11,23H,5-6H2,1-2H3,(H,20,21,22). The molecule has 8 nitrogen and oxygen atoms in total. The second-order valence-electron chi connectivity index (χ2n) is 5.84. The quantitative estimate of drug-likeness (QED) is 0.584. The van der Waals surface area contributed by atoms with Crippen molar-refractivity contribution in [2.24, 2.45) is 0 Å². The molecule has 3 rings (SSSR count). The zero-order valence-corrected chi connectivity index (χ0v) is 16.4. The van der Waals surface area contributed by atoms with Gasteiger partial charge in [0, 0.05) is 36.6 Å². The normalized spacial score (nSPS) is 11.5. The van der Waals surface area contributed by atoms with Gasteiger partial charge in [0.2, 0.25) is 10.0 Å². The van der Waals surface area contributed by atoms with E-state index in [-0.39, 0.29) is 11.4 Å². The number of sulfonamides is 1. The molecule has 0 atom stereocenters. The van der Waals surface area contributed by atoms with Gasteiger partial charge in [-0.2, -0.15) is 0 Å². The van der Waals surface area contributed by atoms with Crippen molar-refractivity contribution < 1.29 is 8.42 Å². The molecule has 27 heavy (non-hydrogen) atoms. The molecule has 10 heteroatoms. The van der Waals surface area contributed by atoms with Crippen LogP contribution in [0.15, 0.2) is 47.9 Å². The summed E-state index contributed by atoms with van der Waals surface area (Å²) in [6.45, 7) is 4.15. The van der Waals surface area contributed by atoms with Crippen molar-refractivity contribution in [1.82, 2.24) is 24.2 Å². The first kappa shape index (κ1) is 19.3. The van der Waals surface area contributed by atoms with E-state index in [4.69, 9.17) is 11.6 Å². The van der Waals surface area contributed by atoms with Crippen molar-refractivity contribution in [2.75, 3.05) is 18.4 Å². The molecule has 0 radical (unpaired) electrons. The molecule has 0 saturated carbocycles. The molecular weight excluding hydrogens is 388 g/mol. The van der Waals surface area contributed by atoms with Crippen LogP contribution in [0.4, 0.5) is 5.82 Å². The van der Waals surface area contributed by atoms with Crippen LogP contribution >= 0.6 is 11.6 Å². The number of benzene rings is 1. The zero-order valence-electron chi connectivity index (χ0n) is 14.8. The summed E-state index contributed by atoms with van der Waals surface area (Å²) in [5, 5.41) is 3.46. The number of nitrogens with zero attached hydrogens (tertiary/aromatic N) is 4. The van der Waals surface area contributed by atoms with Gasteiger partial charge in [0.25, 0.3) is 0 Å². The molecule has 2 N–H and O–H groups in total. The third-order valence-corrected chi connectivity index (χ3v) is 5.73. The summed E-state index contributed by atoms with van der Waals surface area (Å²) < 4.78 is 29.2. The van der Waals surface area contributed by atoms with Crippen LogP contribution in [0.1, 0.15) is 11.4 Å². The summed E-state index contributed by atoms with van der Waals surface area (Å²) in [7, 11) is -3.64. The van der Waals surface area contributed by atoms with E-state index >= 15 is 0 Å². The fourth-order valence-corrected chi connectivity index (χ4v) is 4.05. The Balaban J connectivity index is 1.61. The lowest BCUT2D eigenvalue weighted by atomic mass is 10.2. The fraction of sp³-hybridized carbons (Fsp3) is 0.235. The molecule has 0 aliphatic rings. The molecule has 0 saturated heterocycles. The summed E-state index contributed by atoms with van der Waals surface area (Å²) in [4.78, 5) is 12.7. The Bertz CT molecular complexity index is 1050. The van der Waals surface area contributed by atoms with Gasteiger partial charge in [0.1, 0.15) is 23.8 Å². The van der Waals surface area contributed by atoms with Crippen LogP contribution in [0.25, 0.3) is 5.82 Å². The monoisotopic (exact) mass is 406 g/mol. The Hall–Kier alpha value is -2.49. The molecule has 0 aliphatic heterocycles. The number of imidazole rings is 1. The summed E-state index contributed by atoms with van der Waals surface area (Å²) in [5.41, 5.74) is 0.635. The Labute approximate surface area is 162 Å². The number of anilines is 1. The van der Waals surface area contributed by atoms with Gasteiger partial charge in [-0.25, -0.2) is 28.1 Å². The maximum atomic E-state index is 12.4. The Kier molecular flexibility index (Phi) is 5.73. The van der Waals surface area contributed by atoms with Gasteiger partial charge in [-0.3, -0.25) is 4.57 Å². The second kappa shape index (κ2) is 8.03. The Morgan fingerprint density at radius 2 is 1.93 bits per heavy atom. The second-order valence-corrected chi connectivity index (χ2v) is 8.01. The number of nitrogens with one attached hydrogen (secondary N) is 2. The highest BCUT2D eigenvalue weighted by molar-refractivity contribution is 7.89. The minimum atomic E-state index is -3.64. The lowest BCUT2D eigenvalue weighted by Crippen LogP contribution is -2.29. The minimum Gasteiger partial charge on any atom is -0.369 e. The Morgan fingerprint density at radius 3 is 2.67 bits per heavy atom. The van der Waals surface area contributed by atoms with Crippen LogP contribution in [0, 0.1) is 13.8 Å². The Morgan fingerprint density at radius 1 is 1.11 bits per heavy atom. The van der Waals surface area contributed by atoms with E-state index in [2.05, 4.69) is 25.0 Å². The average Bonchev–Trinajstić information content (AvgIpc) is 3.07. The van der Waals surface area contributed by atoms with Crippen LogP contribution in [0.5, 0.6) is 0 Å². The van der Waals surface area contributed by atoms with Crippen molar-refractivity contribution in [3.05, 3.63) is 59.4 Å². The molecule has 142 valence electrons. The van der Waals surface area contributed by atoms with Gasteiger partial charge in [-0.15, -0.1) is 0 Å².